The summed E-state index contributed by atoms with van der Waals surface area (Å²) in [6, 6.07) is 13.9. The summed E-state index contributed by atoms with van der Waals surface area (Å²) >= 11 is 0. The molecule has 1 N–H and O–H groups in total. The van der Waals surface area contributed by atoms with E-state index in [0.717, 1.165) is 24.7 Å². The van der Waals surface area contributed by atoms with Gasteiger partial charge >= 0.3 is 0 Å². The zero-order valence-electron chi connectivity index (χ0n) is 17.0. The number of nitro groups is 1. The van der Waals surface area contributed by atoms with Crippen LogP contribution >= 0.6 is 0 Å². The molecule has 0 aliphatic carbocycles. The zero-order chi connectivity index (χ0) is 21.4. The van der Waals surface area contributed by atoms with Crippen molar-refractivity contribution >= 4 is 27.1 Å². The van der Waals surface area contributed by atoms with Gasteiger partial charge in [-0.15, -0.1) is 0 Å². The van der Waals surface area contributed by atoms with Crippen LogP contribution in [-0.2, 0) is 10.0 Å². The summed E-state index contributed by atoms with van der Waals surface area (Å²) < 4.78 is 26.6. The fourth-order valence-electron chi connectivity index (χ4n) is 3.07. The zero-order valence-corrected chi connectivity index (χ0v) is 17.9. The summed E-state index contributed by atoms with van der Waals surface area (Å²) in [5.74, 6) is 0. The lowest BCUT2D eigenvalue weighted by Gasteiger charge is -2.21. The minimum Gasteiger partial charge on any atom is -0.385 e. The van der Waals surface area contributed by atoms with Crippen LogP contribution in [0, 0.1) is 10.1 Å². The van der Waals surface area contributed by atoms with E-state index < -0.39 is 14.9 Å². The van der Waals surface area contributed by atoms with E-state index in [-0.39, 0.29) is 10.6 Å². The Bertz CT molecular complexity index is 915. The lowest BCUT2D eigenvalue weighted by molar-refractivity contribution is -0.384. The van der Waals surface area contributed by atoms with Crippen LogP contribution in [0.15, 0.2) is 53.4 Å². The topological polar surface area (TPSA) is 95.8 Å². The highest BCUT2D eigenvalue weighted by Crippen LogP contribution is 2.31. The summed E-state index contributed by atoms with van der Waals surface area (Å²) in [4.78, 5) is 12.8. The van der Waals surface area contributed by atoms with Crippen LogP contribution in [0.5, 0.6) is 0 Å². The summed E-state index contributed by atoms with van der Waals surface area (Å²) in [5.41, 5.74) is 1.21. The lowest BCUT2D eigenvalue weighted by Crippen LogP contribution is -2.30. The molecule has 0 spiro atoms. The van der Waals surface area contributed by atoms with Crippen molar-refractivity contribution in [2.45, 2.75) is 25.2 Å². The highest BCUT2D eigenvalue weighted by atomic mass is 32.2. The molecule has 2 rings (SSSR count). The molecule has 2 aromatic carbocycles. The second kappa shape index (κ2) is 10.2. The quantitative estimate of drug-likeness (QED) is 0.339. The van der Waals surface area contributed by atoms with E-state index in [9.17, 15) is 18.5 Å². The first-order chi connectivity index (χ1) is 13.8. The number of sulfonamides is 1. The van der Waals surface area contributed by atoms with Crippen LogP contribution in [0.2, 0.25) is 0 Å². The minimum atomic E-state index is -3.75. The van der Waals surface area contributed by atoms with E-state index in [1.54, 1.807) is 25.8 Å². The normalized spacial score (nSPS) is 11.4. The molecule has 0 saturated heterocycles. The molecule has 0 saturated carbocycles. The third kappa shape index (κ3) is 5.68. The summed E-state index contributed by atoms with van der Waals surface area (Å²) in [7, 11) is -1.98. The summed E-state index contributed by atoms with van der Waals surface area (Å²) in [5, 5.41) is 14.9. The van der Waals surface area contributed by atoms with Gasteiger partial charge in [-0.25, -0.2) is 8.42 Å². The van der Waals surface area contributed by atoms with Crippen LogP contribution < -0.4 is 10.2 Å². The molecular formula is C20H28N4O4S. The largest absolute Gasteiger partial charge is 0.385 e. The maximum Gasteiger partial charge on any atom is 0.293 e. The summed E-state index contributed by atoms with van der Waals surface area (Å²) in [6.07, 6.45) is 0.766. The Morgan fingerprint density at radius 2 is 1.72 bits per heavy atom. The Morgan fingerprint density at radius 3 is 2.31 bits per heavy atom. The number of hydrogen-bond acceptors (Lipinski definition) is 6. The molecule has 0 fully saturated rings. The maximum absolute atomic E-state index is 12.7. The number of nitrogens with one attached hydrogen (secondary N) is 1. The monoisotopic (exact) mass is 420 g/mol. The molecule has 0 bridgehead atoms. The highest BCUT2D eigenvalue weighted by molar-refractivity contribution is 7.89. The van der Waals surface area contributed by atoms with Gasteiger partial charge < -0.3 is 10.2 Å². The van der Waals surface area contributed by atoms with Gasteiger partial charge in [0.25, 0.3) is 5.69 Å². The number of nitro benzene ring substituents is 1. The first-order valence-corrected chi connectivity index (χ1v) is 11.0. The van der Waals surface area contributed by atoms with E-state index in [1.165, 1.54) is 16.4 Å². The molecular weight excluding hydrogens is 392 g/mol. The van der Waals surface area contributed by atoms with Gasteiger partial charge in [-0.2, -0.15) is 4.31 Å². The third-order valence-corrected chi connectivity index (χ3v) is 6.72. The van der Waals surface area contributed by atoms with Gasteiger partial charge in [0.2, 0.25) is 10.0 Å². The lowest BCUT2D eigenvalue weighted by atomic mass is 10.2. The number of hydrogen-bond donors (Lipinski definition) is 1. The average molecular weight is 421 g/mol. The van der Waals surface area contributed by atoms with Crippen molar-refractivity contribution < 1.29 is 13.3 Å². The van der Waals surface area contributed by atoms with E-state index in [0.29, 0.717) is 25.3 Å². The van der Waals surface area contributed by atoms with Crippen LogP contribution in [0.1, 0.15) is 20.3 Å². The van der Waals surface area contributed by atoms with Crippen molar-refractivity contribution in [3.63, 3.8) is 0 Å². The third-order valence-electron chi connectivity index (χ3n) is 4.67. The van der Waals surface area contributed by atoms with Crippen LogP contribution in [0.3, 0.4) is 0 Å². The molecule has 0 heterocycles. The van der Waals surface area contributed by atoms with Crippen molar-refractivity contribution in [1.82, 2.24) is 4.31 Å². The first-order valence-electron chi connectivity index (χ1n) is 9.59. The maximum atomic E-state index is 12.7. The van der Waals surface area contributed by atoms with Crippen molar-refractivity contribution in [1.29, 1.82) is 0 Å². The molecule has 29 heavy (non-hydrogen) atoms. The molecule has 0 unspecified atom stereocenters. The van der Waals surface area contributed by atoms with Gasteiger partial charge in [0.15, 0.2) is 0 Å². The number of para-hydroxylation sites is 1. The second-order valence-electron chi connectivity index (χ2n) is 6.56. The summed E-state index contributed by atoms with van der Waals surface area (Å²) in [6.45, 7) is 5.40. The van der Waals surface area contributed by atoms with Gasteiger partial charge in [0, 0.05) is 45.0 Å². The molecule has 0 aliphatic rings. The Labute approximate surface area is 172 Å². The van der Waals surface area contributed by atoms with Gasteiger partial charge in [0.05, 0.1) is 9.82 Å². The fourth-order valence-corrected chi connectivity index (χ4v) is 4.55. The molecule has 158 valence electrons. The SMILES string of the molecule is CCN(CC)S(=O)(=O)c1ccc(N(C)CCCNc2ccccc2)c([N+](=O)[O-])c1. The Kier molecular flexibility index (Phi) is 7.98. The molecule has 8 nitrogen and oxygen atoms in total. The highest BCUT2D eigenvalue weighted by Gasteiger charge is 2.26. The Hall–Kier alpha value is -2.65. The van der Waals surface area contributed by atoms with Gasteiger partial charge in [-0.05, 0) is 30.7 Å². The average Bonchev–Trinajstić information content (AvgIpc) is 2.72. The Balaban J connectivity index is 2.12. The minimum absolute atomic E-state index is 0.0594. The predicted octanol–water partition coefficient (Wildman–Crippen LogP) is 3.56. The first kappa shape index (κ1) is 22.6. The fraction of sp³-hybridized carbons (Fsp3) is 0.400. The Morgan fingerprint density at radius 1 is 1.07 bits per heavy atom. The number of nitrogens with zero attached hydrogens (tertiary/aromatic N) is 3. The molecule has 0 radical (unpaired) electrons. The van der Waals surface area contributed by atoms with Gasteiger partial charge in [-0.1, -0.05) is 32.0 Å². The number of rotatable bonds is 11. The van der Waals surface area contributed by atoms with Crippen molar-refractivity contribution in [2.24, 2.45) is 0 Å². The van der Waals surface area contributed by atoms with Crippen molar-refractivity contribution in [2.75, 3.05) is 43.4 Å². The predicted molar refractivity (Wildman–Crippen MR) is 116 cm³/mol. The van der Waals surface area contributed by atoms with Crippen molar-refractivity contribution in [3.8, 4) is 0 Å². The van der Waals surface area contributed by atoms with Crippen LogP contribution in [0.4, 0.5) is 17.1 Å². The van der Waals surface area contributed by atoms with E-state index >= 15 is 0 Å². The standard InChI is InChI=1S/C20H28N4O4S/c1-4-23(5-2)29(27,28)18-12-13-19(20(16-18)24(25)26)22(3)15-9-14-21-17-10-7-6-8-11-17/h6-8,10-13,16,21H,4-5,9,14-15H2,1-3H3. The molecule has 9 heteroatoms. The van der Waals surface area contributed by atoms with Crippen LogP contribution in [-0.4, -0.2) is 50.9 Å². The molecule has 0 aromatic heterocycles. The van der Waals surface area contributed by atoms with E-state index in [1.807, 2.05) is 30.3 Å². The molecule has 0 amide bonds. The van der Waals surface area contributed by atoms with E-state index in [4.69, 9.17) is 0 Å². The second-order valence-corrected chi connectivity index (χ2v) is 8.50. The molecule has 2 aromatic rings. The van der Waals surface area contributed by atoms with Gasteiger partial charge in [0.1, 0.15) is 5.69 Å². The molecule has 0 aliphatic heterocycles. The van der Waals surface area contributed by atoms with Crippen molar-refractivity contribution in [3.05, 3.63) is 58.6 Å². The molecule has 0 atom stereocenters. The van der Waals surface area contributed by atoms with Gasteiger partial charge in [-0.3, -0.25) is 10.1 Å². The smallest absolute Gasteiger partial charge is 0.293 e. The van der Waals surface area contributed by atoms with E-state index in [2.05, 4.69) is 5.32 Å². The van der Waals surface area contributed by atoms with Crippen LogP contribution in [0.25, 0.3) is 0 Å². The number of anilines is 2. The number of benzene rings is 2.